The number of hydrogen-bond acceptors (Lipinski definition) is 2. The molecule has 24 heavy (non-hydrogen) atoms. The van der Waals surface area contributed by atoms with Crippen LogP contribution in [-0.4, -0.2) is 27.3 Å². The molecule has 0 saturated heterocycles. The van der Waals surface area contributed by atoms with E-state index in [0.29, 0.717) is 18.9 Å². The van der Waals surface area contributed by atoms with Gasteiger partial charge in [-0.1, -0.05) is 38.8 Å². The molecule has 0 aliphatic rings. The van der Waals surface area contributed by atoms with E-state index >= 15 is 0 Å². The van der Waals surface area contributed by atoms with E-state index < -0.39 is 0 Å². The van der Waals surface area contributed by atoms with Crippen molar-refractivity contribution in [1.82, 2.24) is 14.9 Å². The molecule has 4 nitrogen and oxygen atoms in total. The van der Waals surface area contributed by atoms with Gasteiger partial charge in [0.1, 0.15) is 5.82 Å². The maximum Gasteiger partial charge on any atom is 0.223 e. The molecule has 1 amide bonds. The van der Waals surface area contributed by atoms with Gasteiger partial charge in [0, 0.05) is 18.5 Å². The number of nitrogens with one attached hydrogen (secondary N) is 1. The van der Waals surface area contributed by atoms with E-state index in [9.17, 15) is 4.79 Å². The van der Waals surface area contributed by atoms with Crippen LogP contribution in [0.25, 0.3) is 11.3 Å². The van der Waals surface area contributed by atoms with Crippen molar-refractivity contribution >= 4 is 5.91 Å². The summed E-state index contributed by atoms with van der Waals surface area (Å²) < 4.78 is 0. The topological polar surface area (TPSA) is 49.0 Å². The Labute approximate surface area is 144 Å². The normalized spacial score (nSPS) is 10.6. The van der Waals surface area contributed by atoms with Crippen molar-refractivity contribution in [3.05, 3.63) is 41.9 Å². The van der Waals surface area contributed by atoms with Crippen LogP contribution in [0, 0.1) is 18.3 Å². The van der Waals surface area contributed by atoms with E-state index in [-0.39, 0.29) is 5.91 Å². The largest absolute Gasteiger partial charge is 0.341 e. The minimum Gasteiger partial charge on any atom is -0.341 e. The van der Waals surface area contributed by atoms with Gasteiger partial charge in [-0.15, -0.1) is 6.42 Å². The second kappa shape index (κ2) is 8.35. The molecule has 1 heterocycles. The zero-order valence-electron chi connectivity index (χ0n) is 14.7. The Hall–Kier alpha value is -2.54. The summed E-state index contributed by atoms with van der Waals surface area (Å²) in [6, 6.07) is 7.76. The Morgan fingerprint density at radius 2 is 2.04 bits per heavy atom. The van der Waals surface area contributed by atoms with E-state index in [1.807, 2.05) is 29.2 Å². The molecule has 0 atom stereocenters. The molecule has 0 aliphatic carbocycles. The van der Waals surface area contributed by atoms with Gasteiger partial charge in [0.05, 0.1) is 18.4 Å². The number of benzene rings is 1. The molecule has 0 fully saturated rings. The zero-order chi connectivity index (χ0) is 17.5. The first-order valence-corrected chi connectivity index (χ1v) is 8.42. The number of terminal acetylenes is 1. The second-order valence-corrected chi connectivity index (χ2v) is 6.38. The summed E-state index contributed by atoms with van der Waals surface area (Å²) in [6.45, 7) is 7.47. The summed E-state index contributed by atoms with van der Waals surface area (Å²) in [6.07, 6.45) is 8.69. The average molecular weight is 323 g/mol. The number of rotatable bonds is 7. The molecule has 2 rings (SSSR count). The number of amides is 1. The van der Waals surface area contributed by atoms with Crippen LogP contribution in [0.4, 0.5) is 0 Å². The van der Waals surface area contributed by atoms with Crippen LogP contribution in [0.5, 0.6) is 0 Å². The van der Waals surface area contributed by atoms with E-state index in [1.165, 1.54) is 0 Å². The lowest BCUT2D eigenvalue weighted by Crippen LogP contribution is -2.32. The molecule has 0 aliphatic heterocycles. The highest BCUT2D eigenvalue weighted by atomic mass is 16.2. The molecule has 1 aromatic carbocycles. The molecule has 4 heteroatoms. The lowest BCUT2D eigenvalue weighted by molar-refractivity contribution is -0.132. The minimum absolute atomic E-state index is 0.183. The monoisotopic (exact) mass is 323 g/mol. The van der Waals surface area contributed by atoms with Crippen LogP contribution in [0.3, 0.4) is 0 Å². The summed E-state index contributed by atoms with van der Waals surface area (Å²) in [4.78, 5) is 22.0. The predicted octanol–water partition coefficient (Wildman–Crippen LogP) is 3.84. The predicted molar refractivity (Wildman–Crippen MR) is 97.1 cm³/mol. The first-order chi connectivity index (χ1) is 11.5. The van der Waals surface area contributed by atoms with Crippen molar-refractivity contribution in [3.8, 4) is 23.6 Å². The minimum atomic E-state index is 0.183. The molecule has 0 bridgehead atoms. The lowest BCUT2D eigenvalue weighted by Gasteiger charge is -2.22. The van der Waals surface area contributed by atoms with E-state index in [1.54, 1.807) is 6.20 Å². The number of carbonyl (C=O) groups is 1. The third-order valence-corrected chi connectivity index (χ3v) is 3.76. The molecular weight excluding hydrogens is 298 g/mol. The Bertz CT molecular complexity index is 707. The summed E-state index contributed by atoms with van der Waals surface area (Å²) in [5.74, 6) is 3.95. The lowest BCUT2D eigenvalue weighted by atomic mass is 10.1. The van der Waals surface area contributed by atoms with Gasteiger partial charge < -0.3 is 9.88 Å². The van der Waals surface area contributed by atoms with Gasteiger partial charge in [-0.25, -0.2) is 4.98 Å². The van der Waals surface area contributed by atoms with Crippen LogP contribution in [0.2, 0.25) is 0 Å². The summed E-state index contributed by atoms with van der Waals surface area (Å²) in [5.41, 5.74) is 2.82. The molecule has 0 saturated carbocycles. The van der Waals surface area contributed by atoms with Gasteiger partial charge in [-0.05, 0) is 30.0 Å². The van der Waals surface area contributed by atoms with Crippen molar-refractivity contribution in [2.24, 2.45) is 5.92 Å². The van der Waals surface area contributed by atoms with E-state index in [0.717, 1.165) is 35.6 Å². The van der Waals surface area contributed by atoms with Crippen molar-refractivity contribution in [1.29, 1.82) is 0 Å². The Balaban J connectivity index is 2.10. The fourth-order valence-corrected chi connectivity index (χ4v) is 2.56. The van der Waals surface area contributed by atoms with Crippen LogP contribution in [0.1, 0.15) is 45.0 Å². The van der Waals surface area contributed by atoms with Crippen LogP contribution >= 0.6 is 0 Å². The molecule has 0 spiro atoms. The fourth-order valence-electron chi connectivity index (χ4n) is 2.56. The van der Waals surface area contributed by atoms with Gasteiger partial charge in [0.2, 0.25) is 5.91 Å². The van der Waals surface area contributed by atoms with Crippen molar-refractivity contribution in [2.75, 3.05) is 6.54 Å². The molecule has 0 unspecified atom stereocenters. The second-order valence-electron chi connectivity index (χ2n) is 6.38. The van der Waals surface area contributed by atoms with Crippen LogP contribution in [0.15, 0.2) is 30.5 Å². The maximum atomic E-state index is 12.4. The number of hydrogen-bond donors (Lipinski definition) is 1. The van der Waals surface area contributed by atoms with Gasteiger partial charge in [-0.2, -0.15) is 0 Å². The maximum absolute atomic E-state index is 12.4. The van der Waals surface area contributed by atoms with Crippen molar-refractivity contribution in [3.63, 3.8) is 0 Å². The number of H-pyrrole nitrogens is 1. The van der Waals surface area contributed by atoms with E-state index in [4.69, 9.17) is 6.42 Å². The first kappa shape index (κ1) is 17.8. The molecular formula is C20H25N3O. The van der Waals surface area contributed by atoms with E-state index in [2.05, 4.69) is 36.7 Å². The van der Waals surface area contributed by atoms with Crippen molar-refractivity contribution < 1.29 is 4.79 Å². The molecule has 1 aromatic heterocycles. The van der Waals surface area contributed by atoms with Crippen LogP contribution in [-0.2, 0) is 11.3 Å². The number of nitrogens with zero attached hydrogens (tertiary/aromatic N) is 2. The molecule has 0 radical (unpaired) electrons. The quantitative estimate of drug-likeness (QED) is 0.787. The van der Waals surface area contributed by atoms with Crippen LogP contribution < -0.4 is 0 Å². The molecule has 1 N–H and O–H groups in total. The fraction of sp³-hybridized carbons (Fsp3) is 0.400. The Kier molecular flexibility index (Phi) is 6.20. The summed E-state index contributed by atoms with van der Waals surface area (Å²) >= 11 is 0. The highest BCUT2D eigenvalue weighted by molar-refractivity contribution is 5.76. The molecule has 126 valence electrons. The summed E-state index contributed by atoms with van der Waals surface area (Å²) in [5, 5.41) is 0. The number of aromatic nitrogens is 2. The Morgan fingerprint density at radius 3 is 2.62 bits per heavy atom. The highest BCUT2D eigenvalue weighted by Crippen LogP contribution is 2.18. The summed E-state index contributed by atoms with van der Waals surface area (Å²) in [7, 11) is 0. The highest BCUT2D eigenvalue weighted by Gasteiger charge is 2.16. The number of carbonyl (C=O) groups excluding carboxylic acids is 1. The van der Waals surface area contributed by atoms with Crippen molar-refractivity contribution in [2.45, 2.75) is 40.2 Å². The average Bonchev–Trinajstić information content (AvgIpc) is 3.02. The SMILES string of the molecule is C#Cc1ccc(-c2cnc(CN(CCC)C(=O)CC(C)C)[nH]2)cc1. The standard InChI is InChI=1S/C20H25N3O/c1-5-11-23(20(24)12-15(3)4)14-19-21-13-18(22-19)17-9-7-16(6-2)8-10-17/h2,7-10,13,15H,5,11-12,14H2,1,3-4H3,(H,21,22). The van der Waals surface area contributed by atoms with Gasteiger partial charge in [-0.3, -0.25) is 4.79 Å². The zero-order valence-corrected chi connectivity index (χ0v) is 14.7. The number of imidazole rings is 1. The Morgan fingerprint density at radius 1 is 1.33 bits per heavy atom. The third-order valence-electron chi connectivity index (χ3n) is 3.76. The first-order valence-electron chi connectivity index (χ1n) is 8.42. The van der Waals surface area contributed by atoms with Gasteiger partial charge in [0.15, 0.2) is 0 Å². The number of aromatic amines is 1. The van der Waals surface area contributed by atoms with Gasteiger partial charge >= 0.3 is 0 Å². The smallest absolute Gasteiger partial charge is 0.223 e. The van der Waals surface area contributed by atoms with Gasteiger partial charge in [0.25, 0.3) is 0 Å². The molecule has 2 aromatic rings. The third kappa shape index (κ3) is 4.73.